The van der Waals surface area contributed by atoms with Gasteiger partial charge in [-0.2, -0.15) is 0 Å². The van der Waals surface area contributed by atoms with Crippen molar-refractivity contribution in [1.82, 2.24) is 0 Å². The van der Waals surface area contributed by atoms with Crippen molar-refractivity contribution in [2.24, 2.45) is 22.2 Å². The molecule has 0 radical (unpaired) electrons. The van der Waals surface area contributed by atoms with Gasteiger partial charge in [0.15, 0.2) is 12.2 Å². The summed E-state index contributed by atoms with van der Waals surface area (Å²) in [6, 6.07) is 1.72. The van der Waals surface area contributed by atoms with E-state index in [9.17, 15) is 24.0 Å². The zero-order chi connectivity index (χ0) is 36.1. The predicted octanol–water partition coefficient (Wildman–Crippen LogP) is 2.82. The normalized spacial score (nSPS) is 50.2. The molecule has 7 aliphatic rings. The van der Waals surface area contributed by atoms with Gasteiger partial charge >= 0.3 is 29.8 Å². The molecule has 13 unspecified atom stereocenters. The Labute approximate surface area is 287 Å². The first-order chi connectivity index (χ1) is 23.4. The SMILES string of the molecule is COCC(=O)OC1C2(C)CC34OC5(C)OC6(C7CC(=O)OC(c8ccoc8)C7(C)CCC6(O5)C13C)C(OC(C)=O)C4(OC(C)=O)C2OC(C)=O. The van der Waals surface area contributed by atoms with Gasteiger partial charge in [-0.15, -0.1) is 0 Å². The molecule has 7 fully saturated rings. The molecule has 0 N–H and O–H groups in total. The van der Waals surface area contributed by atoms with Gasteiger partial charge in [0.05, 0.1) is 24.4 Å². The first-order valence-electron chi connectivity index (χ1n) is 16.9. The molecule has 1 aromatic heterocycles. The van der Waals surface area contributed by atoms with Crippen molar-refractivity contribution in [3.63, 3.8) is 0 Å². The van der Waals surface area contributed by atoms with Gasteiger partial charge in [0.2, 0.25) is 5.60 Å². The molecule has 15 heteroatoms. The van der Waals surface area contributed by atoms with Gasteiger partial charge in [0.1, 0.15) is 35.6 Å². The van der Waals surface area contributed by atoms with Gasteiger partial charge in [-0.25, -0.2) is 4.79 Å². The van der Waals surface area contributed by atoms with E-state index in [1.807, 2.05) is 13.8 Å². The molecule has 4 bridgehead atoms. The van der Waals surface area contributed by atoms with Crippen molar-refractivity contribution in [1.29, 1.82) is 0 Å². The predicted molar refractivity (Wildman–Crippen MR) is 161 cm³/mol. The Hall–Kier alpha value is -3.53. The van der Waals surface area contributed by atoms with E-state index in [1.165, 1.54) is 40.4 Å². The number of cyclic esters (lactones) is 1. The molecule has 4 aliphatic carbocycles. The summed E-state index contributed by atoms with van der Waals surface area (Å²) in [6.07, 6.45) is -1.47. The smallest absolute Gasteiger partial charge is 0.332 e. The minimum atomic E-state index is -2.08. The fourth-order valence-corrected chi connectivity index (χ4v) is 12.4. The highest BCUT2D eigenvalue weighted by molar-refractivity contribution is 5.75. The Morgan fingerprint density at radius 1 is 0.840 bits per heavy atom. The molecule has 3 aliphatic heterocycles. The average molecular weight is 703 g/mol. The number of rotatable bonds is 7. The molecule has 8 rings (SSSR count). The van der Waals surface area contributed by atoms with Crippen LogP contribution in [0.3, 0.4) is 0 Å². The number of hydrogen-bond acceptors (Lipinski definition) is 15. The van der Waals surface area contributed by atoms with E-state index in [-0.39, 0.29) is 25.9 Å². The monoisotopic (exact) mass is 702 g/mol. The maximum Gasteiger partial charge on any atom is 0.332 e. The lowest BCUT2D eigenvalue weighted by molar-refractivity contribution is -0.479. The minimum absolute atomic E-state index is 0.0200. The molecule has 50 heavy (non-hydrogen) atoms. The lowest BCUT2D eigenvalue weighted by Gasteiger charge is -2.76. The number of furan rings is 1. The lowest BCUT2D eigenvalue weighted by atomic mass is 9.34. The van der Waals surface area contributed by atoms with Crippen LogP contribution in [0.25, 0.3) is 0 Å². The van der Waals surface area contributed by atoms with Crippen molar-refractivity contribution in [3.8, 4) is 0 Å². The van der Waals surface area contributed by atoms with Crippen LogP contribution in [-0.2, 0) is 66.6 Å². The molecule has 15 nitrogen and oxygen atoms in total. The van der Waals surface area contributed by atoms with Crippen LogP contribution >= 0.6 is 0 Å². The summed E-state index contributed by atoms with van der Waals surface area (Å²) in [7, 11) is 1.36. The van der Waals surface area contributed by atoms with Crippen molar-refractivity contribution < 1.29 is 71.0 Å². The molecular formula is C35H42O15. The first-order valence-corrected chi connectivity index (χ1v) is 16.9. The summed E-state index contributed by atoms with van der Waals surface area (Å²) in [5.74, 6) is -6.23. The van der Waals surface area contributed by atoms with E-state index >= 15 is 0 Å². The summed E-state index contributed by atoms with van der Waals surface area (Å²) >= 11 is 0. The van der Waals surface area contributed by atoms with Crippen LogP contribution in [0.15, 0.2) is 23.0 Å². The van der Waals surface area contributed by atoms with Gasteiger partial charge in [-0.05, 0) is 25.3 Å². The second-order valence-electron chi connectivity index (χ2n) is 15.9. The zero-order valence-corrected chi connectivity index (χ0v) is 29.3. The van der Waals surface area contributed by atoms with Crippen molar-refractivity contribution in [2.75, 3.05) is 13.7 Å². The Morgan fingerprint density at radius 3 is 2.14 bits per heavy atom. The fraction of sp³-hybridized carbons (Fsp3) is 0.743. The maximum atomic E-state index is 13.8. The Bertz CT molecular complexity index is 1710. The second kappa shape index (κ2) is 9.87. The minimum Gasteiger partial charge on any atom is -0.472 e. The molecule has 272 valence electrons. The lowest BCUT2D eigenvalue weighted by Crippen LogP contribution is -2.95. The standard InChI is InChI=1S/C35H42O15/c1-17(36)43-26-29(5)16-33-30(6,25(29)46-23(40)15-41-8)32-11-10-28(4)21(13-22(39)45-24(28)20-9-12-42-14-20)34(32,50-31(7,48-32)49-33)27(44-18(2)37)35(26,33)47-19(3)38/h9,12,14,21,24-27H,10-11,13,15-16H2,1-8H3. The number of hydrogen-bond donors (Lipinski definition) is 0. The van der Waals surface area contributed by atoms with E-state index in [4.69, 9.17) is 47.0 Å². The number of fused-ring (bicyclic) bond motifs is 3. The molecule has 2 spiro atoms. The Kier molecular flexibility index (Phi) is 6.63. The second-order valence-corrected chi connectivity index (χ2v) is 15.9. The number of esters is 5. The summed E-state index contributed by atoms with van der Waals surface area (Å²) in [6.45, 7) is 10.4. The van der Waals surface area contributed by atoms with Crippen LogP contribution in [0.1, 0.15) is 85.8 Å². The molecule has 4 heterocycles. The van der Waals surface area contributed by atoms with Gasteiger partial charge in [-0.3, -0.25) is 19.2 Å². The van der Waals surface area contributed by atoms with E-state index in [2.05, 4.69) is 0 Å². The summed E-state index contributed by atoms with van der Waals surface area (Å²) in [5, 5.41) is 0. The zero-order valence-electron chi connectivity index (χ0n) is 29.3. The molecule has 4 saturated carbocycles. The molecule has 1 aromatic rings. The van der Waals surface area contributed by atoms with Crippen molar-refractivity contribution in [3.05, 3.63) is 24.2 Å². The average Bonchev–Trinajstić information content (AvgIpc) is 3.70. The highest BCUT2D eigenvalue weighted by atomic mass is 16.9. The van der Waals surface area contributed by atoms with Gasteiger partial charge in [0.25, 0.3) is 5.97 Å². The van der Waals surface area contributed by atoms with Crippen LogP contribution in [0.5, 0.6) is 0 Å². The number of methoxy groups -OCH3 is 1. The molecule has 0 aromatic carbocycles. The van der Waals surface area contributed by atoms with Gasteiger partial charge in [-0.1, -0.05) is 20.8 Å². The van der Waals surface area contributed by atoms with Gasteiger partial charge < -0.3 is 47.0 Å². The summed E-state index contributed by atoms with van der Waals surface area (Å²) in [4.78, 5) is 67.2. The summed E-state index contributed by atoms with van der Waals surface area (Å²) in [5.41, 5.74) is -10.2. The highest BCUT2D eigenvalue weighted by Gasteiger charge is 3.06. The largest absolute Gasteiger partial charge is 0.472 e. The topological polar surface area (TPSA) is 182 Å². The first kappa shape index (κ1) is 33.6. The van der Waals surface area contributed by atoms with Crippen LogP contribution in [0.2, 0.25) is 0 Å². The van der Waals surface area contributed by atoms with Crippen molar-refractivity contribution >= 4 is 29.8 Å². The van der Waals surface area contributed by atoms with Crippen molar-refractivity contribution in [2.45, 2.75) is 127 Å². The third-order valence-corrected chi connectivity index (χ3v) is 13.3. The maximum absolute atomic E-state index is 13.8. The Morgan fingerprint density at radius 2 is 1.52 bits per heavy atom. The third-order valence-electron chi connectivity index (χ3n) is 13.3. The quantitative estimate of drug-likeness (QED) is 0.299. The van der Waals surface area contributed by atoms with Gasteiger partial charge in [0, 0.05) is 57.1 Å². The van der Waals surface area contributed by atoms with E-state index in [1.54, 1.807) is 19.9 Å². The number of ether oxygens (including phenoxy) is 9. The van der Waals surface area contributed by atoms with Crippen LogP contribution in [0.4, 0.5) is 0 Å². The number of carbonyl (C=O) groups is 5. The fourth-order valence-electron chi connectivity index (χ4n) is 12.4. The van der Waals surface area contributed by atoms with E-state index < -0.39 is 105 Å². The van der Waals surface area contributed by atoms with Crippen LogP contribution in [-0.4, -0.2) is 90.3 Å². The Balaban J connectivity index is 1.49. The molecule has 13 atom stereocenters. The molecule has 3 saturated heterocycles. The van der Waals surface area contributed by atoms with Crippen LogP contribution in [0, 0.1) is 22.2 Å². The summed E-state index contributed by atoms with van der Waals surface area (Å²) < 4.78 is 63.3. The molecular weight excluding hydrogens is 660 g/mol. The van der Waals surface area contributed by atoms with E-state index in [0.717, 1.165) is 0 Å². The van der Waals surface area contributed by atoms with E-state index in [0.29, 0.717) is 12.0 Å². The highest BCUT2D eigenvalue weighted by Crippen LogP contribution is 2.89. The third kappa shape index (κ3) is 3.43. The van der Waals surface area contributed by atoms with Crippen LogP contribution < -0.4 is 0 Å². The molecule has 0 amide bonds. The number of carbonyl (C=O) groups excluding carboxylic acids is 5.